The summed E-state index contributed by atoms with van der Waals surface area (Å²) in [6.07, 6.45) is -0.645. The lowest BCUT2D eigenvalue weighted by Crippen LogP contribution is -2.24. The van der Waals surface area contributed by atoms with Gasteiger partial charge in [0.15, 0.2) is 0 Å². The first-order valence-electron chi connectivity index (χ1n) is 3.43. The van der Waals surface area contributed by atoms with Gasteiger partial charge in [0.1, 0.15) is 0 Å². The van der Waals surface area contributed by atoms with Gasteiger partial charge in [0, 0.05) is 5.25 Å². The van der Waals surface area contributed by atoms with Crippen molar-refractivity contribution in [2.24, 2.45) is 5.92 Å². The molecule has 0 heterocycles. The van der Waals surface area contributed by atoms with Crippen LogP contribution in [0.15, 0.2) is 12.2 Å². The van der Waals surface area contributed by atoms with Crippen LogP contribution in [-0.4, -0.2) is 11.4 Å². The molecule has 0 aliphatic heterocycles. The molecule has 2 unspecified atom stereocenters. The van der Waals surface area contributed by atoms with Gasteiger partial charge in [0.05, 0.1) is 5.92 Å². The Labute approximate surface area is 68.9 Å². The number of thiol groups is 1. The summed E-state index contributed by atoms with van der Waals surface area (Å²) in [5.74, 6) is -1.24. The molecule has 0 saturated heterocycles. The largest absolute Gasteiger partial charge is 0.395 e. The van der Waals surface area contributed by atoms with E-state index in [1.54, 1.807) is 0 Å². The van der Waals surface area contributed by atoms with Gasteiger partial charge in [0.25, 0.3) is 0 Å². The average molecular weight is 182 g/mol. The Morgan fingerprint density at radius 2 is 1.82 bits per heavy atom. The summed E-state index contributed by atoms with van der Waals surface area (Å²) in [7, 11) is 0. The minimum atomic E-state index is -4.07. The Hall–Kier alpha value is -0.120. The molecule has 0 amide bonds. The molecule has 64 valence electrons. The van der Waals surface area contributed by atoms with Crippen LogP contribution < -0.4 is 0 Å². The maximum absolute atomic E-state index is 12.0. The lowest BCUT2D eigenvalue weighted by Gasteiger charge is -2.21. The van der Waals surface area contributed by atoms with Gasteiger partial charge in [-0.05, 0) is 12.8 Å². The molecule has 1 rings (SSSR count). The third-order valence-electron chi connectivity index (χ3n) is 1.76. The fourth-order valence-electron chi connectivity index (χ4n) is 1.08. The van der Waals surface area contributed by atoms with Crippen molar-refractivity contribution in [3.05, 3.63) is 12.2 Å². The average Bonchev–Trinajstić information content (AvgIpc) is 1.86. The molecule has 2 atom stereocenters. The van der Waals surface area contributed by atoms with Crippen LogP contribution in [-0.2, 0) is 0 Å². The highest BCUT2D eigenvalue weighted by atomic mass is 32.1. The van der Waals surface area contributed by atoms with E-state index in [0.29, 0.717) is 6.42 Å². The van der Waals surface area contributed by atoms with Crippen molar-refractivity contribution in [1.29, 1.82) is 0 Å². The summed E-state index contributed by atoms with van der Waals surface area (Å²) >= 11 is 4.04. The number of alkyl halides is 3. The van der Waals surface area contributed by atoms with Gasteiger partial charge in [-0.2, -0.15) is 25.8 Å². The van der Waals surface area contributed by atoms with Crippen molar-refractivity contribution in [2.45, 2.75) is 24.3 Å². The van der Waals surface area contributed by atoms with Crippen LogP contribution in [0.5, 0.6) is 0 Å². The molecular weight excluding hydrogens is 173 g/mol. The molecule has 4 heteroatoms. The van der Waals surface area contributed by atoms with Crippen LogP contribution in [0.1, 0.15) is 12.8 Å². The summed E-state index contributed by atoms with van der Waals surface area (Å²) in [6, 6.07) is 0. The summed E-state index contributed by atoms with van der Waals surface area (Å²) in [6.45, 7) is 0. The molecule has 0 saturated carbocycles. The lowest BCUT2D eigenvalue weighted by molar-refractivity contribution is -0.163. The minimum Gasteiger partial charge on any atom is -0.172 e. The SMILES string of the molecule is FC(F)(F)C1C=CC(S)CC1. The molecule has 1 aliphatic carbocycles. The number of halogens is 3. The van der Waals surface area contributed by atoms with Crippen molar-refractivity contribution in [1.82, 2.24) is 0 Å². The van der Waals surface area contributed by atoms with Gasteiger partial charge in [-0.1, -0.05) is 12.2 Å². The molecule has 0 N–H and O–H groups in total. The van der Waals surface area contributed by atoms with Gasteiger partial charge in [-0.15, -0.1) is 0 Å². The fourth-order valence-corrected chi connectivity index (χ4v) is 1.33. The Bertz CT molecular complexity index is 162. The zero-order chi connectivity index (χ0) is 8.48. The minimum absolute atomic E-state index is 0.00796. The first-order chi connectivity index (χ1) is 5.00. The van der Waals surface area contributed by atoms with Gasteiger partial charge in [0.2, 0.25) is 0 Å². The zero-order valence-electron chi connectivity index (χ0n) is 5.80. The Balaban J connectivity index is 2.57. The molecule has 0 nitrogen and oxygen atoms in total. The number of hydrogen-bond donors (Lipinski definition) is 1. The summed E-state index contributed by atoms with van der Waals surface area (Å²) < 4.78 is 36.0. The Morgan fingerprint density at radius 1 is 1.18 bits per heavy atom. The summed E-state index contributed by atoms with van der Waals surface area (Å²) in [4.78, 5) is 0. The monoisotopic (exact) mass is 182 g/mol. The van der Waals surface area contributed by atoms with Crippen LogP contribution in [0, 0.1) is 5.92 Å². The van der Waals surface area contributed by atoms with Crippen LogP contribution in [0.2, 0.25) is 0 Å². The van der Waals surface area contributed by atoms with E-state index in [9.17, 15) is 13.2 Å². The quantitative estimate of drug-likeness (QED) is 0.432. The van der Waals surface area contributed by atoms with Crippen molar-refractivity contribution < 1.29 is 13.2 Å². The maximum atomic E-state index is 12.0. The molecule has 0 aromatic rings. The van der Waals surface area contributed by atoms with E-state index in [1.165, 1.54) is 12.2 Å². The Morgan fingerprint density at radius 3 is 2.18 bits per heavy atom. The highest BCUT2D eigenvalue weighted by Crippen LogP contribution is 2.34. The van der Waals surface area contributed by atoms with E-state index in [-0.39, 0.29) is 11.7 Å². The summed E-state index contributed by atoms with van der Waals surface area (Å²) in [5.41, 5.74) is 0. The zero-order valence-corrected chi connectivity index (χ0v) is 6.70. The van der Waals surface area contributed by atoms with Crippen molar-refractivity contribution >= 4 is 12.6 Å². The van der Waals surface area contributed by atoms with Crippen LogP contribution >= 0.6 is 12.6 Å². The standard InChI is InChI=1S/C7H9F3S/c8-7(9,10)5-1-3-6(11)4-2-5/h1,3,5-6,11H,2,4H2. The molecule has 0 aromatic carbocycles. The lowest BCUT2D eigenvalue weighted by atomic mass is 9.95. The number of rotatable bonds is 0. The predicted octanol–water partition coefficient (Wildman–Crippen LogP) is 2.81. The van der Waals surface area contributed by atoms with E-state index in [4.69, 9.17) is 0 Å². The van der Waals surface area contributed by atoms with Crippen molar-refractivity contribution in [3.63, 3.8) is 0 Å². The topological polar surface area (TPSA) is 0 Å². The molecule has 0 spiro atoms. The van der Waals surface area contributed by atoms with E-state index in [0.717, 1.165) is 0 Å². The first kappa shape index (κ1) is 8.97. The molecular formula is C7H9F3S. The van der Waals surface area contributed by atoms with Gasteiger partial charge >= 0.3 is 6.18 Å². The van der Waals surface area contributed by atoms with Gasteiger partial charge in [-0.3, -0.25) is 0 Å². The van der Waals surface area contributed by atoms with Crippen LogP contribution in [0.4, 0.5) is 13.2 Å². The molecule has 1 aliphatic rings. The third-order valence-corrected chi connectivity index (χ3v) is 2.19. The van der Waals surface area contributed by atoms with Gasteiger partial charge < -0.3 is 0 Å². The Kier molecular flexibility index (Phi) is 2.52. The highest BCUT2D eigenvalue weighted by Gasteiger charge is 2.38. The third kappa shape index (κ3) is 2.43. The molecule has 0 radical (unpaired) electrons. The normalized spacial score (nSPS) is 32.4. The molecule has 0 fully saturated rings. The smallest absolute Gasteiger partial charge is 0.172 e. The second kappa shape index (κ2) is 3.09. The van der Waals surface area contributed by atoms with Gasteiger partial charge in [-0.25, -0.2) is 0 Å². The van der Waals surface area contributed by atoms with Crippen LogP contribution in [0.25, 0.3) is 0 Å². The van der Waals surface area contributed by atoms with E-state index in [2.05, 4.69) is 12.6 Å². The van der Waals surface area contributed by atoms with Crippen molar-refractivity contribution in [2.75, 3.05) is 0 Å². The fraction of sp³-hybridized carbons (Fsp3) is 0.714. The van der Waals surface area contributed by atoms with E-state index in [1.807, 2.05) is 0 Å². The first-order valence-corrected chi connectivity index (χ1v) is 3.95. The molecule has 0 aromatic heterocycles. The van der Waals surface area contributed by atoms with E-state index >= 15 is 0 Å². The molecule has 11 heavy (non-hydrogen) atoms. The predicted molar refractivity (Wildman–Crippen MR) is 40.7 cm³/mol. The van der Waals surface area contributed by atoms with E-state index < -0.39 is 12.1 Å². The van der Waals surface area contributed by atoms with Crippen molar-refractivity contribution in [3.8, 4) is 0 Å². The second-order valence-corrected chi connectivity index (χ2v) is 3.34. The van der Waals surface area contributed by atoms with Crippen LogP contribution in [0.3, 0.4) is 0 Å². The maximum Gasteiger partial charge on any atom is 0.395 e. The highest BCUT2D eigenvalue weighted by molar-refractivity contribution is 7.81. The second-order valence-electron chi connectivity index (χ2n) is 2.68. The molecule has 0 bridgehead atoms. The number of hydrogen-bond acceptors (Lipinski definition) is 1. The number of allylic oxidation sites excluding steroid dienone is 1. The summed E-state index contributed by atoms with van der Waals surface area (Å²) in [5, 5.41) is 0.00796.